The average molecular weight is 501 g/mol. The van der Waals surface area contributed by atoms with Crippen LogP contribution in [0, 0.1) is 0 Å². The number of fused-ring (bicyclic) bond motifs is 1. The number of nitrogens with zero attached hydrogens (tertiary/aromatic N) is 5. The Hall–Kier alpha value is -1.52. The number of benzene rings is 1. The van der Waals surface area contributed by atoms with E-state index in [0.717, 1.165) is 52.7 Å². The largest absolute Gasteiger partial charge is 0.379 e. The van der Waals surface area contributed by atoms with Crippen molar-refractivity contribution in [1.29, 1.82) is 0 Å². The predicted octanol–water partition coefficient (Wildman–Crippen LogP) is 3.68. The average Bonchev–Trinajstić information content (AvgIpc) is 3.35. The second-order valence-corrected chi connectivity index (χ2v) is 8.48. The number of hydrogen-bond donors (Lipinski definition) is 0. The molecule has 1 saturated heterocycles. The number of morpholine rings is 1. The maximum atomic E-state index is 13.4. The van der Waals surface area contributed by atoms with Gasteiger partial charge in [0.15, 0.2) is 5.13 Å². The van der Waals surface area contributed by atoms with Gasteiger partial charge in [0.25, 0.3) is 5.91 Å². The predicted molar refractivity (Wildman–Crippen MR) is 121 cm³/mol. The van der Waals surface area contributed by atoms with Crippen LogP contribution in [0.2, 0.25) is 0 Å². The van der Waals surface area contributed by atoms with Crippen molar-refractivity contribution in [2.75, 3.05) is 44.3 Å². The lowest BCUT2D eigenvalue weighted by molar-refractivity contribution is 0.0391. The Morgan fingerprint density at radius 3 is 2.86 bits per heavy atom. The second-order valence-electron chi connectivity index (χ2n) is 6.55. The molecule has 1 aliphatic rings. The molecule has 1 fully saturated rings. The summed E-state index contributed by atoms with van der Waals surface area (Å²) in [5.41, 5.74) is 1.49. The zero-order valence-electron chi connectivity index (χ0n) is 16.1. The van der Waals surface area contributed by atoms with Gasteiger partial charge >= 0.3 is 0 Å². The van der Waals surface area contributed by atoms with E-state index in [2.05, 4.69) is 25.9 Å². The summed E-state index contributed by atoms with van der Waals surface area (Å²) in [4.78, 5) is 22.2. The number of aromatic nitrogens is 3. The summed E-state index contributed by atoms with van der Waals surface area (Å²) in [7, 11) is 0. The number of rotatable bonds is 6. The number of amides is 1. The molecule has 4 rings (SSSR count). The van der Waals surface area contributed by atoms with Gasteiger partial charge in [0, 0.05) is 43.4 Å². The van der Waals surface area contributed by atoms with E-state index in [1.165, 1.54) is 11.3 Å². The van der Waals surface area contributed by atoms with E-state index in [1.807, 2.05) is 25.1 Å². The van der Waals surface area contributed by atoms with Crippen molar-refractivity contribution < 1.29 is 9.53 Å². The molecule has 7 nitrogen and oxygen atoms in total. The monoisotopic (exact) mass is 499 g/mol. The lowest BCUT2D eigenvalue weighted by Gasteiger charge is -2.29. The van der Waals surface area contributed by atoms with Crippen LogP contribution in [-0.2, 0) is 11.3 Å². The highest BCUT2D eigenvalue weighted by Crippen LogP contribution is 2.31. The molecule has 10 heteroatoms. The number of carbonyl (C=O) groups is 1. The Morgan fingerprint density at radius 2 is 2.10 bits per heavy atom. The van der Waals surface area contributed by atoms with Gasteiger partial charge < -0.3 is 4.74 Å². The summed E-state index contributed by atoms with van der Waals surface area (Å²) in [5, 5.41) is 4.97. The van der Waals surface area contributed by atoms with Crippen LogP contribution in [-0.4, -0.2) is 65.0 Å². The van der Waals surface area contributed by atoms with Crippen LogP contribution in [0.25, 0.3) is 10.2 Å². The molecule has 1 aliphatic heterocycles. The van der Waals surface area contributed by atoms with E-state index in [9.17, 15) is 4.79 Å². The highest BCUT2D eigenvalue weighted by Gasteiger charge is 2.25. The first-order valence-corrected chi connectivity index (χ1v) is 11.0. The molecule has 1 amide bonds. The molecule has 156 valence electrons. The van der Waals surface area contributed by atoms with Crippen molar-refractivity contribution in [2.24, 2.45) is 0 Å². The third-order valence-electron chi connectivity index (χ3n) is 4.79. The summed E-state index contributed by atoms with van der Waals surface area (Å²) in [6.45, 7) is 7.26. The fourth-order valence-electron chi connectivity index (χ4n) is 3.26. The van der Waals surface area contributed by atoms with E-state index < -0.39 is 0 Å². The van der Waals surface area contributed by atoms with Crippen LogP contribution in [0.3, 0.4) is 0 Å². The molecule has 0 atom stereocenters. The standard InChI is InChI=1S/C19H22BrN5O2S.ClH/c1-2-25-16(5-6-21-25)18(26)24(8-7-23-9-11-27-12-10-23)19-22-15-4-3-14(20)13-17(15)28-19;/h3-6,13H,2,7-12H2,1H3;1H. The molecule has 1 aromatic carbocycles. The molecule has 0 bridgehead atoms. The van der Waals surface area contributed by atoms with E-state index in [4.69, 9.17) is 9.72 Å². The van der Waals surface area contributed by atoms with Crippen molar-refractivity contribution in [1.82, 2.24) is 19.7 Å². The van der Waals surface area contributed by atoms with E-state index in [-0.39, 0.29) is 18.3 Å². The highest BCUT2D eigenvalue weighted by atomic mass is 79.9. The lowest BCUT2D eigenvalue weighted by atomic mass is 10.3. The molecule has 0 unspecified atom stereocenters. The number of aryl methyl sites for hydroxylation is 1. The molecule has 0 saturated carbocycles. The Labute approximate surface area is 188 Å². The summed E-state index contributed by atoms with van der Waals surface area (Å²) >= 11 is 5.05. The minimum absolute atomic E-state index is 0. The topological polar surface area (TPSA) is 63.5 Å². The quantitative estimate of drug-likeness (QED) is 0.517. The third kappa shape index (κ3) is 4.97. The number of anilines is 1. The number of hydrogen-bond acceptors (Lipinski definition) is 6. The van der Waals surface area contributed by atoms with E-state index >= 15 is 0 Å². The van der Waals surface area contributed by atoms with Crippen LogP contribution in [0.15, 0.2) is 34.9 Å². The Kier molecular flexibility index (Phi) is 7.64. The zero-order chi connectivity index (χ0) is 19.5. The summed E-state index contributed by atoms with van der Waals surface area (Å²) in [5.74, 6) is -0.0641. The van der Waals surface area contributed by atoms with Crippen molar-refractivity contribution in [3.05, 3.63) is 40.6 Å². The molecule has 29 heavy (non-hydrogen) atoms. The Balaban J connectivity index is 0.00000240. The van der Waals surface area contributed by atoms with Gasteiger partial charge in [0.05, 0.1) is 23.4 Å². The zero-order valence-corrected chi connectivity index (χ0v) is 19.3. The normalized spacial score (nSPS) is 14.7. The first kappa shape index (κ1) is 22.2. The lowest BCUT2D eigenvalue weighted by Crippen LogP contribution is -2.43. The van der Waals surface area contributed by atoms with Crippen LogP contribution in [0.1, 0.15) is 17.4 Å². The van der Waals surface area contributed by atoms with Gasteiger partial charge in [-0.15, -0.1) is 12.4 Å². The fraction of sp³-hybridized carbons (Fsp3) is 0.421. The Morgan fingerprint density at radius 1 is 1.31 bits per heavy atom. The van der Waals surface area contributed by atoms with Gasteiger partial charge in [0.1, 0.15) is 5.69 Å². The number of halogens is 2. The van der Waals surface area contributed by atoms with Crippen molar-refractivity contribution in [2.45, 2.75) is 13.5 Å². The number of ether oxygens (including phenoxy) is 1. The minimum atomic E-state index is -0.0641. The maximum absolute atomic E-state index is 13.4. The summed E-state index contributed by atoms with van der Waals surface area (Å²) in [6.07, 6.45) is 1.67. The van der Waals surface area contributed by atoms with Crippen molar-refractivity contribution in [3.63, 3.8) is 0 Å². The summed E-state index contributed by atoms with van der Waals surface area (Å²) < 4.78 is 9.22. The highest BCUT2D eigenvalue weighted by molar-refractivity contribution is 9.10. The van der Waals surface area contributed by atoms with Gasteiger partial charge in [-0.1, -0.05) is 27.3 Å². The van der Waals surface area contributed by atoms with Gasteiger partial charge in [-0.3, -0.25) is 19.3 Å². The summed E-state index contributed by atoms with van der Waals surface area (Å²) in [6, 6.07) is 7.76. The fourth-order valence-corrected chi connectivity index (χ4v) is 4.80. The van der Waals surface area contributed by atoms with E-state index in [0.29, 0.717) is 18.8 Å². The van der Waals surface area contributed by atoms with Crippen LogP contribution >= 0.6 is 39.7 Å². The first-order valence-electron chi connectivity index (χ1n) is 9.35. The molecule has 0 spiro atoms. The van der Waals surface area contributed by atoms with Crippen LogP contribution in [0.4, 0.5) is 5.13 Å². The van der Waals surface area contributed by atoms with Crippen LogP contribution in [0.5, 0.6) is 0 Å². The van der Waals surface area contributed by atoms with Gasteiger partial charge in [-0.2, -0.15) is 5.10 Å². The number of carbonyl (C=O) groups excluding carboxylic acids is 1. The SMILES string of the molecule is CCn1nccc1C(=O)N(CCN1CCOCC1)c1nc2ccc(Br)cc2s1.Cl. The van der Waals surface area contributed by atoms with Crippen molar-refractivity contribution >= 4 is 60.9 Å². The Bertz CT molecular complexity index is 973. The molecule has 2 aromatic heterocycles. The molecule has 0 aliphatic carbocycles. The van der Waals surface area contributed by atoms with Crippen molar-refractivity contribution in [3.8, 4) is 0 Å². The second kappa shape index (κ2) is 9.99. The third-order valence-corrected chi connectivity index (χ3v) is 6.33. The van der Waals surface area contributed by atoms with Gasteiger partial charge in [0.2, 0.25) is 0 Å². The number of thiazole rings is 1. The molecule has 3 aromatic rings. The first-order chi connectivity index (χ1) is 13.7. The van der Waals surface area contributed by atoms with Crippen LogP contribution < -0.4 is 4.90 Å². The molecular weight excluding hydrogens is 478 g/mol. The van der Waals surface area contributed by atoms with E-state index in [1.54, 1.807) is 21.8 Å². The molecule has 0 radical (unpaired) electrons. The molecule has 3 heterocycles. The minimum Gasteiger partial charge on any atom is -0.379 e. The smallest absolute Gasteiger partial charge is 0.278 e. The molecular formula is C19H23BrClN5O2S. The van der Waals surface area contributed by atoms with Gasteiger partial charge in [-0.25, -0.2) is 4.98 Å². The van der Waals surface area contributed by atoms with Gasteiger partial charge in [-0.05, 0) is 31.2 Å². The molecule has 0 N–H and O–H groups in total. The maximum Gasteiger partial charge on any atom is 0.278 e.